The maximum atomic E-state index is 14.0. The molecule has 0 bridgehead atoms. The number of carbonyl (C=O) groups is 2. The standard InChI is InChI=1S/C30H26ClNO7/c1-5-16-6-8-17(9-7-16)26-25(27(33)23-11-18-10-19(31)12-24(38-4)29(18)39-23)28(34)30(35)32(26)20-13-21(36-2)15-22(14-20)37-3/h6-15,26,34H,5H2,1-4H3. The third kappa shape index (κ3) is 4.57. The Bertz CT molecular complexity index is 1600. The van der Waals surface area contributed by atoms with Crippen LogP contribution < -0.4 is 19.1 Å². The number of amides is 1. The number of carbonyl (C=O) groups excluding carboxylic acids is 2. The first-order valence-electron chi connectivity index (χ1n) is 12.2. The van der Waals surface area contributed by atoms with Crippen LogP contribution in [0, 0.1) is 0 Å². The molecule has 39 heavy (non-hydrogen) atoms. The van der Waals surface area contributed by atoms with Crippen LogP contribution in [-0.2, 0) is 11.2 Å². The van der Waals surface area contributed by atoms with Gasteiger partial charge in [0.1, 0.15) is 11.5 Å². The molecule has 1 aromatic heterocycles. The van der Waals surface area contributed by atoms with E-state index in [1.807, 2.05) is 31.2 Å². The summed E-state index contributed by atoms with van der Waals surface area (Å²) < 4.78 is 22.0. The number of aliphatic hydroxyl groups excluding tert-OH is 1. The summed E-state index contributed by atoms with van der Waals surface area (Å²) in [6.45, 7) is 2.03. The largest absolute Gasteiger partial charge is 0.503 e. The predicted molar refractivity (Wildman–Crippen MR) is 147 cm³/mol. The van der Waals surface area contributed by atoms with Crippen molar-refractivity contribution in [2.24, 2.45) is 0 Å². The SMILES string of the molecule is CCc1ccc(C2C(C(=O)c3cc4cc(Cl)cc(OC)c4o3)=C(O)C(=O)N2c2cc(OC)cc(OC)c2)cc1. The van der Waals surface area contributed by atoms with Gasteiger partial charge >= 0.3 is 0 Å². The first-order chi connectivity index (χ1) is 18.8. The Labute approximate surface area is 229 Å². The molecule has 1 aliphatic rings. The number of fused-ring (bicyclic) bond motifs is 1. The molecule has 3 aromatic carbocycles. The monoisotopic (exact) mass is 547 g/mol. The van der Waals surface area contributed by atoms with Crippen LogP contribution in [0.2, 0.25) is 5.02 Å². The zero-order chi connectivity index (χ0) is 27.8. The molecule has 0 fully saturated rings. The number of ketones is 1. The molecule has 0 spiro atoms. The molecule has 2 heterocycles. The van der Waals surface area contributed by atoms with E-state index in [0.29, 0.717) is 44.5 Å². The lowest BCUT2D eigenvalue weighted by molar-refractivity contribution is -0.117. The number of ether oxygens (including phenoxy) is 3. The normalized spacial score (nSPS) is 15.3. The Hall–Kier alpha value is -4.43. The Morgan fingerprint density at radius 1 is 0.974 bits per heavy atom. The number of hydrogen-bond acceptors (Lipinski definition) is 7. The lowest BCUT2D eigenvalue weighted by Gasteiger charge is -2.27. The highest BCUT2D eigenvalue weighted by Gasteiger charge is 2.45. The van der Waals surface area contributed by atoms with Gasteiger partial charge in [-0.1, -0.05) is 42.8 Å². The van der Waals surface area contributed by atoms with E-state index < -0.39 is 23.5 Å². The zero-order valence-corrected chi connectivity index (χ0v) is 22.5. The topological polar surface area (TPSA) is 98.4 Å². The highest BCUT2D eigenvalue weighted by Crippen LogP contribution is 2.44. The number of methoxy groups -OCH3 is 3. The summed E-state index contributed by atoms with van der Waals surface area (Å²) in [5, 5.41) is 12.1. The number of furan rings is 1. The van der Waals surface area contributed by atoms with Crippen molar-refractivity contribution in [1.82, 2.24) is 0 Å². The molecule has 1 unspecified atom stereocenters. The van der Waals surface area contributed by atoms with Crippen molar-refractivity contribution in [3.63, 3.8) is 0 Å². The average Bonchev–Trinajstić information content (AvgIpc) is 3.50. The molecule has 1 atom stereocenters. The summed E-state index contributed by atoms with van der Waals surface area (Å²) in [4.78, 5) is 28.9. The molecule has 200 valence electrons. The summed E-state index contributed by atoms with van der Waals surface area (Å²) in [7, 11) is 4.46. The van der Waals surface area contributed by atoms with Crippen molar-refractivity contribution in [3.05, 3.63) is 93.9 Å². The number of aryl methyl sites for hydroxylation is 1. The molecule has 9 heteroatoms. The molecule has 0 radical (unpaired) electrons. The highest BCUT2D eigenvalue weighted by molar-refractivity contribution is 6.31. The number of aliphatic hydroxyl groups is 1. The van der Waals surface area contributed by atoms with Crippen LogP contribution in [-0.4, -0.2) is 38.1 Å². The van der Waals surface area contributed by atoms with Crippen LogP contribution in [0.3, 0.4) is 0 Å². The molecular formula is C30H26ClNO7. The molecule has 4 aromatic rings. The van der Waals surface area contributed by atoms with E-state index in [4.69, 9.17) is 30.2 Å². The Morgan fingerprint density at radius 3 is 2.23 bits per heavy atom. The summed E-state index contributed by atoms with van der Waals surface area (Å²) in [6.07, 6.45) is 0.816. The fourth-order valence-corrected chi connectivity index (χ4v) is 4.98. The number of hydrogen-bond donors (Lipinski definition) is 1. The molecule has 0 aliphatic carbocycles. The van der Waals surface area contributed by atoms with E-state index in [-0.39, 0.29) is 11.3 Å². The van der Waals surface area contributed by atoms with Gasteiger partial charge in [-0.3, -0.25) is 14.5 Å². The van der Waals surface area contributed by atoms with Crippen molar-refractivity contribution in [1.29, 1.82) is 0 Å². The number of halogens is 1. The van der Waals surface area contributed by atoms with Gasteiger partial charge in [0, 0.05) is 34.7 Å². The number of Topliss-reactive ketones (excluding diaryl/α,β-unsaturated/α-hetero) is 1. The van der Waals surface area contributed by atoms with Crippen LogP contribution in [0.25, 0.3) is 11.0 Å². The molecule has 0 saturated heterocycles. The van der Waals surface area contributed by atoms with E-state index in [1.54, 1.807) is 30.3 Å². The molecule has 1 amide bonds. The van der Waals surface area contributed by atoms with E-state index in [1.165, 1.54) is 32.3 Å². The summed E-state index contributed by atoms with van der Waals surface area (Å²) in [5.41, 5.74) is 2.31. The van der Waals surface area contributed by atoms with Gasteiger partial charge in [-0.05, 0) is 29.7 Å². The molecular weight excluding hydrogens is 522 g/mol. The maximum Gasteiger partial charge on any atom is 0.294 e. The van der Waals surface area contributed by atoms with Gasteiger partial charge in [0.25, 0.3) is 5.91 Å². The summed E-state index contributed by atoms with van der Waals surface area (Å²) >= 11 is 6.20. The second-order valence-electron chi connectivity index (χ2n) is 8.97. The maximum absolute atomic E-state index is 14.0. The second-order valence-corrected chi connectivity index (χ2v) is 9.41. The Balaban J connectivity index is 1.68. The minimum Gasteiger partial charge on any atom is -0.503 e. The van der Waals surface area contributed by atoms with Crippen molar-refractivity contribution in [2.45, 2.75) is 19.4 Å². The van der Waals surface area contributed by atoms with Crippen LogP contribution >= 0.6 is 11.6 Å². The van der Waals surface area contributed by atoms with E-state index in [9.17, 15) is 14.7 Å². The van der Waals surface area contributed by atoms with Gasteiger partial charge in [0.2, 0.25) is 5.78 Å². The zero-order valence-electron chi connectivity index (χ0n) is 21.8. The molecule has 8 nitrogen and oxygen atoms in total. The lowest BCUT2D eigenvalue weighted by Crippen LogP contribution is -2.31. The third-order valence-corrected chi connectivity index (χ3v) is 6.98. The van der Waals surface area contributed by atoms with Crippen LogP contribution in [0.1, 0.15) is 34.6 Å². The van der Waals surface area contributed by atoms with Crippen molar-refractivity contribution in [2.75, 3.05) is 26.2 Å². The number of rotatable bonds is 8. The summed E-state index contributed by atoms with van der Waals surface area (Å²) in [5.74, 6) is -0.881. The minimum atomic E-state index is -0.952. The fraction of sp³-hybridized carbons (Fsp3) is 0.200. The van der Waals surface area contributed by atoms with Crippen molar-refractivity contribution in [3.8, 4) is 17.2 Å². The first kappa shape index (κ1) is 26.2. The first-order valence-corrected chi connectivity index (χ1v) is 12.6. The molecule has 1 aliphatic heterocycles. The Kier molecular flexibility index (Phi) is 6.97. The van der Waals surface area contributed by atoms with Crippen LogP contribution in [0.15, 0.2) is 76.4 Å². The van der Waals surface area contributed by atoms with Crippen LogP contribution in [0.5, 0.6) is 17.2 Å². The van der Waals surface area contributed by atoms with Crippen molar-refractivity contribution >= 4 is 39.9 Å². The number of benzene rings is 3. The smallest absolute Gasteiger partial charge is 0.294 e. The predicted octanol–water partition coefficient (Wildman–Crippen LogP) is 6.46. The minimum absolute atomic E-state index is 0.0693. The average molecular weight is 548 g/mol. The van der Waals surface area contributed by atoms with Gasteiger partial charge in [-0.2, -0.15) is 0 Å². The van der Waals surface area contributed by atoms with Gasteiger partial charge in [-0.15, -0.1) is 0 Å². The van der Waals surface area contributed by atoms with Gasteiger partial charge in [0.05, 0.1) is 38.6 Å². The number of nitrogens with zero attached hydrogens (tertiary/aromatic N) is 1. The fourth-order valence-electron chi connectivity index (χ4n) is 4.77. The quantitative estimate of drug-likeness (QED) is 0.253. The van der Waals surface area contributed by atoms with Crippen molar-refractivity contribution < 1.29 is 33.3 Å². The van der Waals surface area contributed by atoms with E-state index in [0.717, 1.165) is 12.0 Å². The van der Waals surface area contributed by atoms with Crippen LogP contribution in [0.4, 0.5) is 5.69 Å². The molecule has 0 saturated carbocycles. The highest BCUT2D eigenvalue weighted by atomic mass is 35.5. The molecule has 5 rings (SSSR count). The van der Waals surface area contributed by atoms with Gasteiger partial charge in [-0.25, -0.2) is 0 Å². The number of anilines is 1. The van der Waals surface area contributed by atoms with Gasteiger partial charge < -0.3 is 23.7 Å². The third-order valence-electron chi connectivity index (χ3n) is 6.76. The molecule has 1 N–H and O–H groups in total. The van der Waals surface area contributed by atoms with E-state index in [2.05, 4.69) is 0 Å². The summed E-state index contributed by atoms with van der Waals surface area (Å²) in [6, 6.07) is 16.3. The van der Waals surface area contributed by atoms with E-state index >= 15 is 0 Å². The van der Waals surface area contributed by atoms with Gasteiger partial charge in [0.15, 0.2) is 22.9 Å². The second kappa shape index (κ2) is 10.4. The Morgan fingerprint density at radius 2 is 1.64 bits per heavy atom. The lowest BCUT2D eigenvalue weighted by atomic mass is 9.93.